The molecule has 17 heavy (non-hydrogen) atoms. The zero-order chi connectivity index (χ0) is 12.3. The highest BCUT2D eigenvalue weighted by Gasteiger charge is 2.19. The number of hydrogen-bond acceptors (Lipinski definition) is 4. The highest BCUT2D eigenvalue weighted by atomic mass is 16.5. The number of aryl methyl sites for hydroxylation is 1. The zero-order valence-corrected chi connectivity index (χ0v) is 9.95. The first-order valence-electron chi connectivity index (χ1n) is 5.88. The highest BCUT2D eigenvalue weighted by molar-refractivity contribution is 5.93. The summed E-state index contributed by atoms with van der Waals surface area (Å²) in [5.74, 6) is 0.304. The number of amides is 1. The Balaban J connectivity index is 1.86. The monoisotopic (exact) mass is 238 g/mol. The molecular weight excluding hydrogens is 220 g/mol. The molecule has 94 valence electrons. The van der Waals surface area contributed by atoms with Gasteiger partial charge in [0.15, 0.2) is 5.82 Å². The van der Waals surface area contributed by atoms with Crippen molar-refractivity contribution in [3.8, 4) is 0 Å². The van der Waals surface area contributed by atoms with Crippen LogP contribution in [0.1, 0.15) is 31.4 Å². The van der Waals surface area contributed by atoms with Crippen LogP contribution in [0.5, 0.6) is 0 Å². The van der Waals surface area contributed by atoms with Crippen LogP contribution >= 0.6 is 0 Å². The largest absolute Gasteiger partial charge is 0.394 e. The minimum Gasteiger partial charge on any atom is -0.394 e. The number of H-pyrrole nitrogens is 1. The van der Waals surface area contributed by atoms with Crippen molar-refractivity contribution >= 4 is 17.4 Å². The van der Waals surface area contributed by atoms with E-state index in [0.717, 1.165) is 31.6 Å². The summed E-state index contributed by atoms with van der Waals surface area (Å²) in [7, 11) is 0. The smallest absolute Gasteiger partial charge is 0.228 e. The number of hydrogen-bond donors (Lipinski definition) is 3. The first-order chi connectivity index (χ1) is 8.16. The van der Waals surface area contributed by atoms with Crippen LogP contribution in [0.25, 0.3) is 0 Å². The molecule has 1 fully saturated rings. The number of nitrogen functional groups attached to an aromatic ring is 1. The second kappa shape index (κ2) is 5.18. The predicted molar refractivity (Wildman–Crippen MR) is 64.6 cm³/mol. The van der Waals surface area contributed by atoms with Crippen LogP contribution in [-0.2, 0) is 9.53 Å². The van der Waals surface area contributed by atoms with Gasteiger partial charge in [0.05, 0.1) is 23.9 Å². The number of anilines is 2. The Morgan fingerprint density at radius 3 is 3.06 bits per heavy atom. The number of aromatic nitrogens is 2. The third kappa shape index (κ3) is 2.97. The quantitative estimate of drug-likeness (QED) is 0.737. The minimum absolute atomic E-state index is 0.0324. The Kier molecular flexibility index (Phi) is 3.63. The van der Waals surface area contributed by atoms with Gasteiger partial charge in [-0.2, -0.15) is 5.10 Å². The van der Waals surface area contributed by atoms with Crippen molar-refractivity contribution in [2.24, 2.45) is 0 Å². The van der Waals surface area contributed by atoms with Gasteiger partial charge in [0, 0.05) is 6.61 Å². The molecule has 0 bridgehead atoms. The molecule has 1 saturated heterocycles. The standard InChI is InChI=1S/C11H18N4O2/c1-7-10(12)11(15-14-7)13-9(16)6-8-4-2-3-5-17-8/h8H,2-6,12H2,1H3,(H2,13,14,15,16). The lowest BCUT2D eigenvalue weighted by Crippen LogP contribution is -2.25. The van der Waals surface area contributed by atoms with Crippen molar-refractivity contribution in [2.75, 3.05) is 17.7 Å². The fourth-order valence-corrected chi connectivity index (χ4v) is 1.89. The average molecular weight is 238 g/mol. The number of rotatable bonds is 3. The van der Waals surface area contributed by atoms with Gasteiger partial charge in [-0.05, 0) is 26.2 Å². The third-order valence-electron chi connectivity index (χ3n) is 2.94. The van der Waals surface area contributed by atoms with Crippen molar-refractivity contribution in [2.45, 2.75) is 38.7 Å². The number of nitrogens with two attached hydrogens (primary N) is 1. The summed E-state index contributed by atoms with van der Waals surface area (Å²) in [4.78, 5) is 11.7. The van der Waals surface area contributed by atoms with E-state index in [9.17, 15) is 4.79 Å². The van der Waals surface area contributed by atoms with Crippen LogP contribution in [0.4, 0.5) is 11.5 Å². The first kappa shape index (κ1) is 11.9. The predicted octanol–water partition coefficient (Wildman–Crippen LogP) is 1.20. The van der Waals surface area contributed by atoms with E-state index in [4.69, 9.17) is 10.5 Å². The summed E-state index contributed by atoms with van der Waals surface area (Å²) >= 11 is 0. The molecule has 1 unspecified atom stereocenters. The number of carbonyl (C=O) groups is 1. The molecule has 0 radical (unpaired) electrons. The number of ether oxygens (including phenoxy) is 1. The summed E-state index contributed by atoms with van der Waals surface area (Å²) in [5.41, 5.74) is 6.99. The molecule has 0 spiro atoms. The molecule has 1 aromatic heterocycles. The Bertz CT molecular complexity index is 396. The second-order valence-electron chi connectivity index (χ2n) is 4.35. The number of nitrogens with one attached hydrogen (secondary N) is 2. The average Bonchev–Trinajstić information content (AvgIpc) is 2.62. The summed E-state index contributed by atoms with van der Waals surface area (Å²) in [6.07, 6.45) is 3.56. The Morgan fingerprint density at radius 1 is 1.65 bits per heavy atom. The summed E-state index contributed by atoms with van der Waals surface area (Å²) in [6, 6.07) is 0. The molecule has 1 aromatic rings. The van der Waals surface area contributed by atoms with Gasteiger partial charge in [0.25, 0.3) is 0 Å². The fourth-order valence-electron chi connectivity index (χ4n) is 1.89. The summed E-state index contributed by atoms with van der Waals surface area (Å²) in [5, 5.41) is 9.34. The van der Waals surface area contributed by atoms with E-state index in [1.807, 2.05) is 6.92 Å². The number of nitrogens with zero attached hydrogens (tertiary/aromatic N) is 1. The number of aromatic amines is 1. The van der Waals surface area contributed by atoms with E-state index >= 15 is 0 Å². The maximum Gasteiger partial charge on any atom is 0.228 e. The van der Waals surface area contributed by atoms with Crippen molar-refractivity contribution in [1.82, 2.24) is 10.2 Å². The molecule has 0 aromatic carbocycles. The first-order valence-corrected chi connectivity index (χ1v) is 5.88. The van der Waals surface area contributed by atoms with Crippen molar-refractivity contribution in [1.29, 1.82) is 0 Å². The Hall–Kier alpha value is -1.56. The molecule has 2 rings (SSSR count). The van der Waals surface area contributed by atoms with Crippen LogP contribution in [0, 0.1) is 6.92 Å². The summed E-state index contributed by atoms with van der Waals surface area (Å²) < 4.78 is 5.50. The topological polar surface area (TPSA) is 93.0 Å². The van der Waals surface area contributed by atoms with E-state index in [2.05, 4.69) is 15.5 Å². The molecule has 6 nitrogen and oxygen atoms in total. The van der Waals surface area contributed by atoms with Gasteiger partial charge >= 0.3 is 0 Å². The second-order valence-corrected chi connectivity index (χ2v) is 4.35. The van der Waals surface area contributed by atoms with Crippen LogP contribution < -0.4 is 11.1 Å². The molecule has 1 amide bonds. The Morgan fingerprint density at radius 2 is 2.47 bits per heavy atom. The SMILES string of the molecule is Cc1[nH]nc(NC(=O)CC2CCCCO2)c1N. The van der Waals surface area contributed by atoms with Gasteiger partial charge in [-0.15, -0.1) is 0 Å². The molecular formula is C11H18N4O2. The van der Waals surface area contributed by atoms with E-state index in [0.29, 0.717) is 17.9 Å². The van der Waals surface area contributed by atoms with Gasteiger partial charge in [0.1, 0.15) is 0 Å². The van der Waals surface area contributed by atoms with Crippen LogP contribution in [0.2, 0.25) is 0 Å². The molecule has 2 heterocycles. The molecule has 6 heteroatoms. The molecule has 1 atom stereocenters. The molecule has 4 N–H and O–H groups in total. The van der Waals surface area contributed by atoms with Gasteiger partial charge in [-0.1, -0.05) is 0 Å². The lowest BCUT2D eigenvalue weighted by Gasteiger charge is -2.21. The van der Waals surface area contributed by atoms with E-state index in [1.54, 1.807) is 0 Å². The van der Waals surface area contributed by atoms with Gasteiger partial charge < -0.3 is 15.8 Å². The van der Waals surface area contributed by atoms with Crippen molar-refractivity contribution in [3.63, 3.8) is 0 Å². The molecule has 1 aliphatic rings. The number of carbonyl (C=O) groups excluding carboxylic acids is 1. The highest BCUT2D eigenvalue weighted by Crippen LogP contribution is 2.20. The minimum atomic E-state index is -0.102. The van der Waals surface area contributed by atoms with Crippen LogP contribution in [0.3, 0.4) is 0 Å². The molecule has 0 saturated carbocycles. The zero-order valence-electron chi connectivity index (χ0n) is 9.95. The van der Waals surface area contributed by atoms with Gasteiger partial charge in [-0.25, -0.2) is 0 Å². The van der Waals surface area contributed by atoms with Crippen LogP contribution in [0.15, 0.2) is 0 Å². The normalized spacial score (nSPS) is 20.2. The van der Waals surface area contributed by atoms with Gasteiger partial charge in [0.2, 0.25) is 5.91 Å². The molecule has 0 aliphatic carbocycles. The third-order valence-corrected chi connectivity index (χ3v) is 2.94. The summed E-state index contributed by atoms with van der Waals surface area (Å²) in [6.45, 7) is 2.56. The lowest BCUT2D eigenvalue weighted by molar-refractivity contribution is -0.119. The van der Waals surface area contributed by atoms with Crippen molar-refractivity contribution in [3.05, 3.63) is 5.69 Å². The van der Waals surface area contributed by atoms with Crippen LogP contribution in [-0.4, -0.2) is 28.8 Å². The van der Waals surface area contributed by atoms with Crippen molar-refractivity contribution < 1.29 is 9.53 Å². The van der Waals surface area contributed by atoms with E-state index in [-0.39, 0.29) is 12.0 Å². The maximum atomic E-state index is 11.7. The fraction of sp³-hybridized carbons (Fsp3) is 0.636. The molecule has 1 aliphatic heterocycles. The Labute approximate surface area is 99.9 Å². The van der Waals surface area contributed by atoms with E-state index < -0.39 is 0 Å². The lowest BCUT2D eigenvalue weighted by atomic mass is 10.1. The van der Waals surface area contributed by atoms with Gasteiger partial charge in [-0.3, -0.25) is 9.89 Å². The maximum absolute atomic E-state index is 11.7. The van der Waals surface area contributed by atoms with E-state index in [1.165, 1.54) is 0 Å².